The lowest BCUT2D eigenvalue weighted by Gasteiger charge is -2.10. The molecule has 98 valence electrons. The summed E-state index contributed by atoms with van der Waals surface area (Å²) in [5.41, 5.74) is 1.01. The average molecular weight is 268 g/mol. The van der Waals surface area contributed by atoms with Crippen molar-refractivity contribution in [2.45, 2.75) is 25.3 Å². The number of rotatable bonds is 4. The van der Waals surface area contributed by atoms with Crippen molar-refractivity contribution in [2.24, 2.45) is 0 Å². The number of sulfone groups is 1. The molecule has 0 spiro atoms. The highest BCUT2D eigenvalue weighted by molar-refractivity contribution is 7.91. The van der Waals surface area contributed by atoms with Gasteiger partial charge in [0.2, 0.25) is 5.91 Å². The second-order valence-corrected chi connectivity index (χ2v) is 6.76. The van der Waals surface area contributed by atoms with Crippen molar-refractivity contribution in [1.29, 1.82) is 0 Å². The number of carbonyl (C=O) groups is 1. The van der Waals surface area contributed by atoms with Crippen LogP contribution >= 0.6 is 0 Å². The largest absolute Gasteiger partial charge is 0.352 e. The molecule has 1 aliphatic heterocycles. The predicted octanol–water partition coefficient (Wildman–Crippen LogP) is 0.318. The van der Waals surface area contributed by atoms with Crippen molar-refractivity contribution >= 4 is 15.7 Å². The zero-order chi connectivity index (χ0) is 13.0. The lowest BCUT2D eigenvalue weighted by Crippen LogP contribution is -2.35. The van der Waals surface area contributed by atoms with Crippen LogP contribution in [0.4, 0.5) is 0 Å². The Balaban J connectivity index is 1.76. The highest BCUT2D eigenvalue weighted by Gasteiger charge is 2.28. The molecule has 1 N–H and O–H groups in total. The van der Waals surface area contributed by atoms with E-state index in [4.69, 9.17) is 0 Å². The van der Waals surface area contributed by atoms with Gasteiger partial charge in [-0.05, 0) is 24.5 Å². The van der Waals surface area contributed by atoms with Gasteiger partial charge in [-0.25, -0.2) is 8.42 Å². The smallest absolute Gasteiger partial charge is 0.220 e. The molecule has 2 heterocycles. The minimum absolute atomic E-state index is 0.0750. The Hall–Kier alpha value is -1.43. The number of nitrogens with zero attached hydrogens (tertiary/aromatic N) is 1. The molecule has 0 radical (unpaired) electrons. The van der Waals surface area contributed by atoms with Gasteiger partial charge in [-0.2, -0.15) is 0 Å². The average Bonchev–Trinajstić information content (AvgIpc) is 2.67. The Morgan fingerprint density at radius 2 is 2.33 bits per heavy atom. The van der Waals surface area contributed by atoms with Crippen molar-refractivity contribution in [1.82, 2.24) is 10.3 Å². The molecule has 1 fully saturated rings. The number of pyridine rings is 1. The van der Waals surface area contributed by atoms with E-state index >= 15 is 0 Å². The van der Waals surface area contributed by atoms with E-state index in [0.717, 1.165) is 5.56 Å². The van der Waals surface area contributed by atoms with Crippen LogP contribution in [0.2, 0.25) is 0 Å². The Kier molecular flexibility index (Phi) is 3.96. The summed E-state index contributed by atoms with van der Waals surface area (Å²) in [6, 6.07) is 3.54. The van der Waals surface area contributed by atoms with E-state index in [1.165, 1.54) is 0 Å². The van der Waals surface area contributed by atoms with Gasteiger partial charge in [-0.3, -0.25) is 9.78 Å². The Morgan fingerprint density at radius 3 is 2.94 bits per heavy atom. The van der Waals surface area contributed by atoms with Gasteiger partial charge in [0.25, 0.3) is 0 Å². The Morgan fingerprint density at radius 1 is 1.50 bits per heavy atom. The van der Waals surface area contributed by atoms with Gasteiger partial charge >= 0.3 is 0 Å². The quantitative estimate of drug-likeness (QED) is 0.853. The highest BCUT2D eigenvalue weighted by Crippen LogP contribution is 2.11. The number of nitrogens with one attached hydrogen (secondary N) is 1. The van der Waals surface area contributed by atoms with Gasteiger partial charge in [0.1, 0.15) is 0 Å². The minimum atomic E-state index is -2.93. The Bertz CT molecular complexity index is 513. The molecule has 0 aromatic carbocycles. The molecule has 1 aromatic rings. The first-order valence-corrected chi connectivity index (χ1v) is 7.76. The van der Waals surface area contributed by atoms with Gasteiger partial charge in [-0.15, -0.1) is 0 Å². The summed E-state index contributed by atoms with van der Waals surface area (Å²) in [5, 5.41) is 2.77. The van der Waals surface area contributed by atoms with Crippen LogP contribution in [-0.2, 0) is 21.1 Å². The second kappa shape index (κ2) is 5.48. The zero-order valence-corrected chi connectivity index (χ0v) is 10.8. The topological polar surface area (TPSA) is 76.1 Å². The van der Waals surface area contributed by atoms with Crippen LogP contribution in [0.25, 0.3) is 0 Å². The number of carbonyl (C=O) groups excluding carboxylic acids is 1. The number of hydrogen-bond acceptors (Lipinski definition) is 4. The molecule has 6 heteroatoms. The first kappa shape index (κ1) is 13.0. The summed E-state index contributed by atoms with van der Waals surface area (Å²) in [4.78, 5) is 15.6. The van der Waals surface area contributed by atoms with Crippen LogP contribution in [0, 0.1) is 0 Å². The van der Waals surface area contributed by atoms with E-state index in [9.17, 15) is 13.2 Å². The predicted molar refractivity (Wildman–Crippen MR) is 67.8 cm³/mol. The molecule has 1 amide bonds. The first-order valence-electron chi connectivity index (χ1n) is 5.94. The summed E-state index contributed by atoms with van der Waals surface area (Å²) >= 11 is 0. The maximum absolute atomic E-state index is 11.7. The number of aromatic nitrogens is 1. The number of aryl methyl sites for hydroxylation is 1. The molecule has 18 heavy (non-hydrogen) atoms. The molecule has 0 bridgehead atoms. The summed E-state index contributed by atoms with van der Waals surface area (Å²) < 4.78 is 22.5. The molecule has 5 nitrogen and oxygen atoms in total. The first-order chi connectivity index (χ1) is 8.55. The second-order valence-electron chi connectivity index (χ2n) is 4.53. The molecular formula is C12H16N2O3S. The van der Waals surface area contributed by atoms with Crippen molar-refractivity contribution in [3.8, 4) is 0 Å². The lowest BCUT2D eigenvalue weighted by molar-refractivity contribution is -0.121. The number of amides is 1. The number of hydrogen-bond donors (Lipinski definition) is 1. The maximum Gasteiger partial charge on any atom is 0.220 e. The fraction of sp³-hybridized carbons (Fsp3) is 0.500. The normalized spacial score (nSPS) is 21.7. The van der Waals surface area contributed by atoms with Crippen molar-refractivity contribution in [3.05, 3.63) is 30.1 Å². The third-order valence-corrected chi connectivity index (χ3v) is 4.73. The van der Waals surface area contributed by atoms with Gasteiger partial charge in [0.05, 0.1) is 11.5 Å². The monoisotopic (exact) mass is 268 g/mol. The fourth-order valence-electron chi connectivity index (χ4n) is 2.01. The molecular weight excluding hydrogens is 252 g/mol. The van der Waals surface area contributed by atoms with E-state index in [0.29, 0.717) is 19.3 Å². The lowest BCUT2D eigenvalue weighted by atomic mass is 10.1. The van der Waals surface area contributed by atoms with E-state index < -0.39 is 9.84 Å². The third-order valence-electron chi connectivity index (χ3n) is 2.96. The van der Waals surface area contributed by atoms with Crippen LogP contribution in [0.3, 0.4) is 0 Å². The standard InChI is InChI=1S/C12H16N2O3S/c15-12(4-3-10-2-1-6-13-8-10)14-11-5-7-18(16,17)9-11/h1-2,6,8,11H,3-5,7,9H2,(H,14,15). The van der Waals surface area contributed by atoms with Gasteiger partial charge in [-0.1, -0.05) is 6.07 Å². The van der Waals surface area contributed by atoms with Gasteiger partial charge in [0.15, 0.2) is 9.84 Å². The van der Waals surface area contributed by atoms with Gasteiger partial charge in [0, 0.05) is 24.9 Å². The van der Waals surface area contributed by atoms with Crippen molar-refractivity contribution in [2.75, 3.05) is 11.5 Å². The highest BCUT2D eigenvalue weighted by atomic mass is 32.2. The zero-order valence-electron chi connectivity index (χ0n) is 10.0. The SMILES string of the molecule is O=C(CCc1cccnc1)NC1CCS(=O)(=O)C1. The molecule has 1 atom stereocenters. The van der Waals surface area contributed by atoms with Crippen LogP contribution < -0.4 is 5.32 Å². The van der Waals surface area contributed by atoms with Crippen LogP contribution in [0.15, 0.2) is 24.5 Å². The van der Waals surface area contributed by atoms with Crippen LogP contribution in [-0.4, -0.2) is 36.9 Å². The summed E-state index contributed by atoms with van der Waals surface area (Å²) in [5.74, 6) is 0.160. The van der Waals surface area contributed by atoms with Crippen molar-refractivity contribution < 1.29 is 13.2 Å². The van der Waals surface area contributed by atoms with E-state index in [1.807, 2.05) is 12.1 Å². The molecule has 1 aromatic heterocycles. The Labute approximate surface area is 107 Å². The molecule has 2 rings (SSSR count). The molecule has 1 saturated heterocycles. The van der Waals surface area contributed by atoms with Gasteiger partial charge < -0.3 is 5.32 Å². The summed E-state index contributed by atoms with van der Waals surface area (Å²) in [6.45, 7) is 0. The summed E-state index contributed by atoms with van der Waals surface area (Å²) in [7, 11) is -2.93. The van der Waals surface area contributed by atoms with Crippen LogP contribution in [0.5, 0.6) is 0 Å². The van der Waals surface area contributed by atoms with E-state index in [-0.39, 0.29) is 23.5 Å². The molecule has 0 saturated carbocycles. The van der Waals surface area contributed by atoms with Crippen LogP contribution in [0.1, 0.15) is 18.4 Å². The molecule has 0 aliphatic carbocycles. The molecule has 1 aliphatic rings. The fourth-order valence-corrected chi connectivity index (χ4v) is 3.69. The molecule has 1 unspecified atom stereocenters. The van der Waals surface area contributed by atoms with Crippen molar-refractivity contribution in [3.63, 3.8) is 0 Å². The van der Waals surface area contributed by atoms with E-state index in [2.05, 4.69) is 10.3 Å². The summed E-state index contributed by atoms with van der Waals surface area (Å²) in [6.07, 6.45) is 4.93. The third kappa shape index (κ3) is 3.80. The van der Waals surface area contributed by atoms with E-state index in [1.54, 1.807) is 12.4 Å². The minimum Gasteiger partial charge on any atom is -0.352 e. The maximum atomic E-state index is 11.7.